The third-order valence-corrected chi connectivity index (χ3v) is 7.40. The molecule has 3 aromatic carbocycles. The molecule has 4 rings (SSSR count). The summed E-state index contributed by atoms with van der Waals surface area (Å²) in [5, 5.41) is 1.25. The Morgan fingerprint density at radius 2 is 1.59 bits per heavy atom. The maximum atomic E-state index is 15.2. The fourth-order valence-corrected chi connectivity index (χ4v) is 5.87. The smallest absolute Gasteiger partial charge is 0.305 e. The lowest BCUT2D eigenvalue weighted by molar-refractivity contribution is 0.230. The van der Waals surface area contributed by atoms with Crippen LogP contribution in [0.2, 0.25) is 5.02 Å². The van der Waals surface area contributed by atoms with E-state index in [1.54, 1.807) is 50.2 Å². The van der Waals surface area contributed by atoms with Crippen molar-refractivity contribution in [3.05, 3.63) is 83.6 Å². The quantitative estimate of drug-likeness (QED) is 0.267. The van der Waals surface area contributed by atoms with Crippen LogP contribution in [0.1, 0.15) is 13.8 Å². The Bertz CT molecular complexity index is 1300. The summed E-state index contributed by atoms with van der Waals surface area (Å²) in [6.45, 7) is 3.77. The van der Waals surface area contributed by atoms with Crippen molar-refractivity contribution < 1.29 is 18.0 Å². The van der Waals surface area contributed by atoms with Gasteiger partial charge in [-0.1, -0.05) is 60.1 Å². The van der Waals surface area contributed by atoms with Gasteiger partial charge in [0, 0.05) is 27.1 Å². The normalized spacial score (nSPS) is 11.8. The zero-order chi connectivity index (χ0) is 22.7. The summed E-state index contributed by atoms with van der Waals surface area (Å²) in [6.07, 6.45) is 0. The zero-order valence-electron chi connectivity index (χ0n) is 17.7. The minimum Gasteiger partial charge on any atom is -0.305 e. The molecule has 0 saturated heterocycles. The van der Waals surface area contributed by atoms with E-state index in [1.807, 2.05) is 30.3 Å². The van der Waals surface area contributed by atoms with E-state index >= 15 is 4.39 Å². The SMILES string of the molecule is CCOP(=O)(OCC)c1c(-c2ccccc2)nc2ccc(Cl)cc2c1-c1ccccc1F. The number of rotatable bonds is 7. The third kappa shape index (κ3) is 4.22. The number of aromatic nitrogens is 1. The first-order chi connectivity index (χ1) is 15.5. The highest BCUT2D eigenvalue weighted by Gasteiger charge is 2.36. The van der Waals surface area contributed by atoms with E-state index < -0.39 is 13.4 Å². The molecule has 0 spiro atoms. The van der Waals surface area contributed by atoms with E-state index in [0.29, 0.717) is 27.2 Å². The zero-order valence-corrected chi connectivity index (χ0v) is 19.4. The molecule has 0 radical (unpaired) electrons. The molecule has 4 aromatic rings. The molecule has 164 valence electrons. The number of hydrogen-bond acceptors (Lipinski definition) is 4. The number of benzene rings is 3. The van der Waals surface area contributed by atoms with Crippen molar-refractivity contribution in [1.29, 1.82) is 0 Å². The van der Waals surface area contributed by atoms with E-state index in [-0.39, 0.29) is 24.1 Å². The van der Waals surface area contributed by atoms with E-state index in [4.69, 9.17) is 25.6 Å². The van der Waals surface area contributed by atoms with Gasteiger partial charge in [-0.2, -0.15) is 0 Å². The summed E-state index contributed by atoms with van der Waals surface area (Å²) in [5.74, 6) is -0.459. The molecule has 1 heterocycles. The van der Waals surface area contributed by atoms with E-state index in [0.717, 1.165) is 5.56 Å². The average molecular weight is 470 g/mol. The van der Waals surface area contributed by atoms with Gasteiger partial charge in [-0.3, -0.25) is 4.57 Å². The van der Waals surface area contributed by atoms with Crippen molar-refractivity contribution in [1.82, 2.24) is 4.98 Å². The van der Waals surface area contributed by atoms with Crippen molar-refractivity contribution in [2.24, 2.45) is 0 Å². The van der Waals surface area contributed by atoms with Crippen molar-refractivity contribution >= 4 is 35.4 Å². The van der Waals surface area contributed by atoms with Gasteiger partial charge in [0.25, 0.3) is 0 Å². The molecule has 4 nitrogen and oxygen atoms in total. The van der Waals surface area contributed by atoms with E-state index in [1.165, 1.54) is 6.07 Å². The second-order valence-electron chi connectivity index (χ2n) is 7.02. The predicted octanol–water partition coefficient (Wildman–Crippen LogP) is 7.25. The Balaban J connectivity index is 2.24. The van der Waals surface area contributed by atoms with Gasteiger partial charge in [0.1, 0.15) is 5.82 Å². The standard InChI is InChI=1S/C25H22ClFNO3P/c1-3-30-32(29,31-4-2)25-23(19-12-8-9-13-21(19)27)20-16-18(26)14-15-22(20)28-24(25)17-10-6-5-7-11-17/h5-16H,3-4H2,1-2H3. The van der Waals surface area contributed by atoms with Crippen LogP contribution in [0.5, 0.6) is 0 Å². The molecular weight excluding hydrogens is 448 g/mol. The fraction of sp³-hybridized carbons (Fsp3) is 0.160. The molecule has 1 aromatic heterocycles. The first kappa shape index (κ1) is 22.6. The lowest BCUT2D eigenvalue weighted by Crippen LogP contribution is -2.19. The maximum absolute atomic E-state index is 15.2. The molecule has 0 amide bonds. The lowest BCUT2D eigenvalue weighted by Gasteiger charge is -2.24. The van der Waals surface area contributed by atoms with Crippen LogP contribution < -0.4 is 5.30 Å². The van der Waals surface area contributed by atoms with Gasteiger partial charge in [-0.25, -0.2) is 9.37 Å². The van der Waals surface area contributed by atoms with Crippen molar-refractivity contribution in [3.8, 4) is 22.4 Å². The molecule has 0 fully saturated rings. The molecule has 0 saturated carbocycles. The highest BCUT2D eigenvalue weighted by molar-refractivity contribution is 7.63. The van der Waals surface area contributed by atoms with Gasteiger partial charge in [-0.15, -0.1) is 0 Å². The van der Waals surface area contributed by atoms with Crippen LogP contribution in [-0.2, 0) is 13.6 Å². The van der Waals surface area contributed by atoms with Gasteiger partial charge in [0.15, 0.2) is 0 Å². The topological polar surface area (TPSA) is 48.4 Å². The number of halogens is 2. The summed E-state index contributed by atoms with van der Waals surface area (Å²) < 4.78 is 40.8. The van der Waals surface area contributed by atoms with Crippen LogP contribution in [-0.4, -0.2) is 18.2 Å². The van der Waals surface area contributed by atoms with Crippen LogP contribution in [0.3, 0.4) is 0 Å². The van der Waals surface area contributed by atoms with E-state index in [2.05, 4.69) is 0 Å². The molecule has 0 aliphatic carbocycles. The average Bonchev–Trinajstić information content (AvgIpc) is 2.79. The summed E-state index contributed by atoms with van der Waals surface area (Å²) in [4.78, 5) is 4.82. The van der Waals surface area contributed by atoms with Crippen molar-refractivity contribution in [2.45, 2.75) is 13.8 Å². The van der Waals surface area contributed by atoms with Gasteiger partial charge < -0.3 is 9.05 Å². The highest BCUT2D eigenvalue weighted by Crippen LogP contribution is 2.53. The van der Waals surface area contributed by atoms with Crippen LogP contribution in [0.4, 0.5) is 4.39 Å². The van der Waals surface area contributed by atoms with Crippen LogP contribution in [0.15, 0.2) is 72.8 Å². The molecular formula is C25H22ClFNO3P. The first-order valence-corrected chi connectivity index (χ1v) is 12.2. The Kier molecular flexibility index (Phi) is 6.73. The Hall–Kier alpha value is -2.56. The van der Waals surface area contributed by atoms with E-state index in [9.17, 15) is 4.57 Å². The van der Waals surface area contributed by atoms with Crippen LogP contribution in [0, 0.1) is 5.82 Å². The fourth-order valence-electron chi connectivity index (χ4n) is 3.73. The van der Waals surface area contributed by atoms with Crippen LogP contribution >= 0.6 is 19.2 Å². The number of fused-ring (bicyclic) bond motifs is 1. The number of pyridine rings is 1. The predicted molar refractivity (Wildman–Crippen MR) is 128 cm³/mol. The summed E-state index contributed by atoms with van der Waals surface area (Å²) >= 11 is 6.31. The van der Waals surface area contributed by atoms with Gasteiger partial charge in [0.05, 0.1) is 29.7 Å². The maximum Gasteiger partial charge on any atom is 0.364 e. The van der Waals surface area contributed by atoms with Gasteiger partial charge >= 0.3 is 7.60 Å². The Morgan fingerprint density at radius 3 is 2.25 bits per heavy atom. The molecule has 7 heteroatoms. The highest BCUT2D eigenvalue weighted by atomic mass is 35.5. The second kappa shape index (κ2) is 9.51. The third-order valence-electron chi connectivity index (χ3n) is 4.98. The van der Waals surface area contributed by atoms with Crippen molar-refractivity contribution in [3.63, 3.8) is 0 Å². The summed E-state index contributed by atoms with van der Waals surface area (Å²) in [6, 6.07) is 20.9. The van der Waals surface area contributed by atoms with Gasteiger partial charge in [0.2, 0.25) is 0 Å². The largest absolute Gasteiger partial charge is 0.364 e. The molecule has 0 atom stereocenters. The van der Waals surface area contributed by atoms with Gasteiger partial charge in [-0.05, 0) is 38.1 Å². The Labute approximate surface area is 191 Å². The summed E-state index contributed by atoms with van der Waals surface area (Å²) in [7, 11) is -3.89. The minimum absolute atomic E-state index is 0.149. The van der Waals surface area contributed by atoms with Crippen molar-refractivity contribution in [2.75, 3.05) is 13.2 Å². The monoisotopic (exact) mass is 469 g/mol. The number of hydrogen-bond donors (Lipinski definition) is 0. The molecule has 0 bridgehead atoms. The molecule has 0 aliphatic heterocycles. The number of nitrogens with zero attached hydrogens (tertiary/aromatic N) is 1. The Morgan fingerprint density at radius 1 is 0.938 bits per heavy atom. The summed E-state index contributed by atoms with van der Waals surface area (Å²) in [5.41, 5.74) is 2.41. The van der Waals surface area contributed by atoms with Crippen LogP contribution in [0.25, 0.3) is 33.3 Å². The molecule has 0 aliphatic rings. The lowest BCUT2D eigenvalue weighted by atomic mass is 9.97. The molecule has 0 unspecified atom stereocenters. The molecule has 0 N–H and O–H groups in total. The second-order valence-corrected chi connectivity index (χ2v) is 9.42. The minimum atomic E-state index is -3.89. The first-order valence-electron chi connectivity index (χ1n) is 10.3. The molecule has 32 heavy (non-hydrogen) atoms.